The molecule has 0 unspecified atom stereocenters. The van der Waals surface area contributed by atoms with Crippen LogP contribution in [0.2, 0.25) is 5.02 Å². The smallest absolute Gasteiger partial charge is 0.277 e. The summed E-state index contributed by atoms with van der Waals surface area (Å²) in [4.78, 5) is 14.4. The van der Waals surface area contributed by atoms with Crippen LogP contribution in [-0.2, 0) is 4.79 Å². The van der Waals surface area contributed by atoms with Crippen LogP contribution in [0, 0.1) is 11.8 Å². The molecule has 1 aromatic heterocycles. The average molecular weight is 382 g/mol. The number of halogens is 1. The van der Waals surface area contributed by atoms with Gasteiger partial charge < -0.3 is 9.32 Å². The van der Waals surface area contributed by atoms with Gasteiger partial charge >= 0.3 is 0 Å². The van der Waals surface area contributed by atoms with E-state index in [9.17, 15) is 4.79 Å². The number of nitrogens with zero attached hydrogens (tertiary/aromatic N) is 3. The Morgan fingerprint density at radius 2 is 1.72 bits per heavy atom. The summed E-state index contributed by atoms with van der Waals surface area (Å²) in [6.07, 6.45) is 0. The van der Waals surface area contributed by atoms with Crippen molar-refractivity contribution in [1.29, 1.82) is 0 Å². The molecule has 0 atom stereocenters. The van der Waals surface area contributed by atoms with E-state index in [1.807, 2.05) is 17.0 Å². The van der Waals surface area contributed by atoms with E-state index >= 15 is 0 Å². The van der Waals surface area contributed by atoms with E-state index in [2.05, 4.69) is 37.9 Å². The van der Waals surface area contributed by atoms with Crippen LogP contribution >= 0.6 is 23.4 Å². The third-order valence-corrected chi connectivity index (χ3v) is 4.40. The maximum atomic E-state index is 12.5. The second kappa shape index (κ2) is 9.25. The van der Waals surface area contributed by atoms with Gasteiger partial charge in [-0.1, -0.05) is 51.1 Å². The fourth-order valence-electron chi connectivity index (χ4n) is 2.35. The van der Waals surface area contributed by atoms with Gasteiger partial charge in [-0.05, 0) is 36.1 Å². The molecular weight excluding hydrogens is 358 g/mol. The van der Waals surface area contributed by atoms with Gasteiger partial charge in [0.05, 0.1) is 5.75 Å². The van der Waals surface area contributed by atoms with Crippen LogP contribution in [0.25, 0.3) is 11.5 Å². The summed E-state index contributed by atoms with van der Waals surface area (Å²) < 4.78 is 5.63. The standard InChI is InChI=1S/C18H24ClN3O2S/c1-12(2)9-22(10-13(3)4)16(23)11-25-18-21-20-17(24-18)14-5-7-15(19)8-6-14/h5-8,12-13H,9-11H2,1-4H3. The third-order valence-electron chi connectivity index (χ3n) is 3.34. The lowest BCUT2D eigenvalue weighted by molar-refractivity contribution is -0.129. The molecule has 25 heavy (non-hydrogen) atoms. The van der Waals surface area contributed by atoms with E-state index in [-0.39, 0.29) is 5.91 Å². The normalized spacial score (nSPS) is 11.3. The van der Waals surface area contributed by atoms with Crippen LogP contribution < -0.4 is 0 Å². The molecule has 2 aromatic rings. The van der Waals surface area contributed by atoms with Crippen LogP contribution in [0.5, 0.6) is 0 Å². The zero-order valence-corrected chi connectivity index (χ0v) is 16.6. The molecule has 0 aliphatic carbocycles. The van der Waals surface area contributed by atoms with Gasteiger partial charge in [-0.25, -0.2) is 0 Å². The first-order valence-corrected chi connectivity index (χ1v) is 9.71. The number of amides is 1. The fraction of sp³-hybridized carbons (Fsp3) is 0.500. The average Bonchev–Trinajstić information content (AvgIpc) is 3.00. The highest BCUT2D eigenvalue weighted by Gasteiger charge is 2.18. The highest BCUT2D eigenvalue weighted by atomic mass is 35.5. The summed E-state index contributed by atoms with van der Waals surface area (Å²) in [5.41, 5.74) is 0.802. The molecule has 0 aliphatic rings. The third kappa shape index (κ3) is 6.36. The number of carbonyl (C=O) groups excluding carboxylic acids is 1. The molecule has 1 heterocycles. The van der Waals surface area contributed by atoms with Crippen molar-refractivity contribution in [1.82, 2.24) is 15.1 Å². The van der Waals surface area contributed by atoms with Crippen LogP contribution in [0.4, 0.5) is 0 Å². The second-order valence-corrected chi connectivity index (χ2v) is 8.12. The molecule has 5 nitrogen and oxygen atoms in total. The Bertz CT molecular complexity index is 676. The number of hydrogen-bond donors (Lipinski definition) is 0. The summed E-state index contributed by atoms with van der Waals surface area (Å²) in [7, 11) is 0. The van der Waals surface area contributed by atoms with Crippen molar-refractivity contribution >= 4 is 29.3 Å². The van der Waals surface area contributed by atoms with Crippen LogP contribution in [0.15, 0.2) is 33.9 Å². The van der Waals surface area contributed by atoms with E-state index in [0.717, 1.165) is 18.7 Å². The molecule has 0 fully saturated rings. The minimum atomic E-state index is 0.0960. The van der Waals surface area contributed by atoms with E-state index in [1.165, 1.54) is 11.8 Å². The predicted octanol–water partition coefficient (Wildman–Crippen LogP) is 4.62. The summed E-state index contributed by atoms with van der Waals surface area (Å²) in [6, 6.07) is 7.19. The van der Waals surface area contributed by atoms with E-state index in [0.29, 0.717) is 33.7 Å². The van der Waals surface area contributed by atoms with Gasteiger partial charge in [-0.15, -0.1) is 10.2 Å². The SMILES string of the molecule is CC(C)CN(CC(C)C)C(=O)CSc1nnc(-c2ccc(Cl)cc2)o1. The lowest BCUT2D eigenvalue weighted by Gasteiger charge is -2.26. The molecule has 0 saturated carbocycles. The number of carbonyl (C=O) groups is 1. The van der Waals surface area contributed by atoms with Crippen molar-refractivity contribution in [3.05, 3.63) is 29.3 Å². The Morgan fingerprint density at radius 1 is 1.12 bits per heavy atom. The Balaban J connectivity index is 1.95. The van der Waals surface area contributed by atoms with Crippen molar-refractivity contribution in [3.63, 3.8) is 0 Å². The molecule has 2 rings (SSSR count). The van der Waals surface area contributed by atoms with Gasteiger partial charge in [0.25, 0.3) is 5.22 Å². The van der Waals surface area contributed by atoms with Gasteiger partial charge in [0, 0.05) is 23.7 Å². The molecule has 0 N–H and O–H groups in total. The number of thioether (sulfide) groups is 1. The maximum Gasteiger partial charge on any atom is 0.277 e. The minimum Gasteiger partial charge on any atom is -0.411 e. The van der Waals surface area contributed by atoms with E-state index < -0.39 is 0 Å². The van der Waals surface area contributed by atoms with Gasteiger partial charge in [0.2, 0.25) is 11.8 Å². The van der Waals surface area contributed by atoms with Crippen molar-refractivity contribution < 1.29 is 9.21 Å². The van der Waals surface area contributed by atoms with Crippen molar-refractivity contribution in [2.75, 3.05) is 18.8 Å². The van der Waals surface area contributed by atoms with Gasteiger partial charge in [0.1, 0.15) is 0 Å². The Kier molecular flexibility index (Phi) is 7.32. The number of aromatic nitrogens is 2. The maximum absolute atomic E-state index is 12.5. The summed E-state index contributed by atoms with van der Waals surface area (Å²) in [6.45, 7) is 9.98. The molecule has 0 bridgehead atoms. The van der Waals surface area contributed by atoms with Gasteiger partial charge in [-0.2, -0.15) is 0 Å². The zero-order chi connectivity index (χ0) is 18.4. The Labute approximate surface area is 158 Å². The number of benzene rings is 1. The first-order valence-electron chi connectivity index (χ1n) is 8.35. The molecule has 0 aliphatic heterocycles. The second-order valence-electron chi connectivity index (χ2n) is 6.76. The highest BCUT2D eigenvalue weighted by molar-refractivity contribution is 7.99. The lowest BCUT2D eigenvalue weighted by Crippen LogP contribution is -2.38. The topological polar surface area (TPSA) is 59.2 Å². The summed E-state index contributed by atoms with van der Waals surface area (Å²) in [5.74, 6) is 1.69. The van der Waals surface area contributed by atoms with Crippen molar-refractivity contribution in [2.24, 2.45) is 11.8 Å². The summed E-state index contributed by atoms with van der Waals surface area (Å²) in [5, 5.41) is 9.09. The predicted molar refractivity (Wildman–Crippen MR) is 102 cm³/mol. The fourth-order valence-corrected chi connectivity index (χ4v) is 3.14. The Hall–Kier alpha value is -1.53. The molecule has 136 valence electrons. The molecule has 1 amide bonds. The number of rotatable bonds is 8. The van der Waals surface area contributed by atoms with Crippen molar-refractivity contribution in [3.8, 4) is 11.5 Å². The first-order chi connectivity index (χ1) is 11.8. The van der Waals surface area contributed by atoms with Gasteiger partial charge in [-0.3, -0.25) is 4.79 Å². The zero-order valence-electron chi connectivity index (χ0n) is 15.0. The van der Waals surface area contributed by atoms with Crippen LogP contribution in [-0.4, -0.2) is 39.8 Å². The summed E-state index contributed by atoms with van der Waals surface area (Å²) >= 11 is 7.15. The largest absolute Gasteiger partial charge is 0.411 e. The molecular formula is C18H24ClN3O2S. The van der Waals surface area contributed by atoms with Gasteiger partial charge in [0.15, 0.2) is 0 Å². The first kappa shape index (κ1) is 19.8. The van der Waals surface area contributed by atoms with Crippen LogP contribution in [0.3, 0.4) is 0 Å². The molecule has 1 aromatic carbocycles. The van der Waals surface area contributed by atoms with E-state index in [4.69, 9.17) is 16.0 Å². The lowest BCUT2D eigenvalue weighted by atomic mass is 10.1. The van der Waals surface area contributed by atoms with Crippen LogP contribution in [0.1, 0.15) is 27.7 Å². The van der Waals surface area contributed by atoms with E-state index in [1.54, 1.807) is 12.1 Å². The minimum absolute atomic E-state index is 0.0960. The monoisotopic (exact) mass is 381 g/mol. The quantitative estimate of drug-likeness (QED) is 0.624. The molecule has 0 spiro atoms. The highest BCUT2D eigenvalue weighted by Crippen LogP contribution is 2.24. The Morgan fingerprint density at radius 3 is 2.28 bits per heavy atom. The number of hydrogen-bond acceptors (Lipinski definition) is 5. The van der Waals surface area contributed by atoms with Crippen molar-refractivity contribution in [2.45, 2.75) is 32.9 Å². The molecule has 7 heteroatoms. The molecule has 0 saturated heterocycles. The molecule has 0 radical (unpaired) electrons.